The highest BCUT2D eigenvalue weighted by atomic mass is 35.5. The van der Waals surface area contributed by atoms with E-state index in [2.05, 4.69) is 0 Å². The second kappa shape index (κ2) is 7.80. The minimum atomic E-state index is -1.24. The second-order valence-electron chi connectivity index (χ2n) is 5.61. The first-order valence-electron chi connectivity index (χ1n) is 7.36. The van der Waals surface area contributed by atoms with E-state index in [-0.39, 0.29) is 22.9 Å². The number of phenolic OH excluding ortho intramolecular Hbond substituents is 6. The fourth-order valence-electron chi connectivity index (χ4n) is 2.76. The first-order chi connectivity index (χ1) is 12.2. The Morgan fingerprint density at radius 1 is 0.692 bits per heavy atom. The molecule has 2 aromatic rings. The highest BCUT2D eigenvalue weighted by Crippen LogP contribution is 2.44. The predicted molar refractivity (Wildman–Crippen MR) is 94.8 cm³/mol. The van der Waals surface area contributed by atoms with Crippen LogP contribution in [0.25, 0.3) is 0 Å². The van der Waals surface area contributed by atoms with Crippen molar-refractivity contribution in [2.45, 2.75) is 11.8 Å². The lowest BCUT2D eigenvalue weighted by Crippen LogP contribution is -2.23. The van der Waals surface area contributed by atoms with Crippen LogP contribution in [0.3, 0.4) is 0 Å². The van der Waals surface area contributed by atoms with Gasteiger partial charge in [-0.05, 0) is 0 Å². The number of phenols is 6. The molecule has 140 valence electrons. The monoisotopic (exact) mass is 402 g/mol. The van der Waals surface area contributed by atoms with Crippen LogP contribution in [0.15, 0.2) is 24.3 Å². The summed E-state index contributed by atoms with van der Waals surface area (Å²) in [5, 5.41) is 58.8. The van der Waals surface area contributed by atoms with Crippen LogP contribution in [0.4, 0.5) is 0 Å². The number of hydrogen-bond donors (Lipinski definition) is 6. The van der Waals surface area contributed by atoms with Gasteiger partial charge in [0.05, 0.1) is 11.8 Å². The molecule has 7 nitrogen and oxygen atoms in total. The third-order valence-electron chi connectivity index (χ3n) is 3.93. The summed E-state index contributed by atoms with van der Waals surface area (Å²) in [6.45, 7) is 0. The quantitative estimate of drug-likeness (QED) is 0.408. The number of carbonyl (C=O) groups excluding carboxylic acids is 1. The van der Waals surface area contributed by atoms with Crippen molar-refractivity contribution in [2.75, 3.05) is 11.8 Å². The largest absolute Gasteiger partial charge is 0.508 e. The average Bonchev–Trinajstić information content (AvgIpc) is 2.53. The van der Waals surface area contributed by atoms with E-state index < -0.39 is 52.1 Å². The topological polar surface area (TPSA) is 138 Å². The third-order valence-corrected chi connectivity index (χ3v) is 4.55. The molecule has 0 saturated heterocycles. The van der Waals surface area contributed by atoms with Gasteiger partial charge in [-0.25, -0.2) is 0 Å². The highest BCUT2D eigenvalue weighted by Gasteiger charge is 2.35. The molecule has 0 radical (unpaired) electrons. The Labute approximate surface area is 158 Å². The number of halogens is 2. The molecule has 2 unspecified atom stereocenters. The number of Topliss-reactive ketones (excluding diaryl/α,β-unsaturated/α-hetero) is 1. The van der Waals surface area contributed by atoms with Gasteiger partial charge >= 0.3 is 0 Å². The molecule has 2 aromatic carbocycles. The van der Waals surface area contributed by atoms with E-state index in [0.717, 1.165) is 24.3 Å². The molecule has 2 rings (SSSR count). The van der Waals surface area contributed by atoms with Gasteiger partial charge in [0.1, 0.15) is 34.5 Å². The molecule has 0 saturated carbocycles. The zero-order valence-electron chi connectivity index (χ0n) is 13.2. The maximum atomic E-state index is 12.9. The number of rotatable bonds is 6. The summed E-state index contributed by atoms with van der Waals surface area (Å²) < 4.78 is 0. The summed E-state index contributed by atoms with van der Waals surface area (Å²) in [6.07, 6.45) is 0. The Kier molecular flexibility index (Phi) is 5.94. The Hall–Kier alpha value is -2.51. The van der Waals surface area contributed by atoms with E-state index in [1.165, 1.54) is 0 Å². The fourth-order valence-corrected chi connectivity index (χ4v) is 3.38. The molecular formula is C17H16Cl2O7. The number of hydrogen-bond acceptors (Lipinski definition) is 7. The molecule has 0 aromatic heterocycles. The molecule has 0 aliphatic carbocycles. The van der Waals surface area contributed by atoms with E-state index in [0.29, 0.717) is 0 Å². The minimum absolute atomic E-state index is 0.212. The lowest BCUT2D eigenvalue weighted by atomic mass is 9.84. The molecular weight excluding hydrogens is 387 g/mol. The van der Waals surface area contributed by atoms with Crippen molar-refractivity contribution >= 4 is 29.0 Å². The molecule has 0 fully saturated rings. The predicted octanol–water partition coefficient (Wildman–Crippen LogP) is 2.83. The van der Waals surface area contributed by atoms with E-state index in [9.17, 15) is 35.4 Å². The van der Waals surface area contributed by atoms with Gasteiger partial charge in [0.25, 0.3) is 0 Å². The highest BCUT2D eigenvalue weighted by molar-refractivity contribution is 6.22. The Morgan fingerprint density at radius 3 is 1.19 bits per heavy atom. The molecule has 0 spiro atoms. The molecule has 0 aliphatic heterocycles. The van der Waals surface area contributed by atoms with Crippen molar-refractivity contribution in [3.63, 3.8) is 0 Å². The van der Waals surface area contributed by atoms with E-state index >= 15 is 0 Å². The van der Waals surface area contributed by atoms with Crippen LogP contribution >= 0.6 is 23.2 Å². The van der Waals surface area contributed by atoms with Gasteiger partial charge in [-0.15, -0.1) is 23.2 Å². The first-order valence-corrected chi connectivity index (χ1v) is 8.43. The molecule has 6 N–H and O–H groups in total. The van der Waals surface area contributed by atoms with Crippen LogP contribution in [-0.2, 0) is 4.79 Å². The van der Waals surface area contributed by atoms with Gasteiger partial charge in [0.2, 0.25) is 0 Å². The Morgan fingerprint density at radius 2 is 0.962 bits per heavy atom. The van der Waals surface area contributed by atoms with E-state index in [1.807, 2.05) is 0 Å². The number of alkyl halides is 2. The van der Waals surface area contributed by atoms with Gasteiger partial charge in [0, 0.05) is 47.2 Å². The van der Waals surface area contributed by atoms with Crippen LogP contribution in [0.5, 0.6) is 34.5 Å². The van der Waals surface area contributed by atoms with E-state index in [4.69, 9.17) is 23.2 Å². The smallest absolute Gasteiger partial charge is 0.150 e. The average molecular weight is 403 g/mol. The summed E-state index contributed by atoms with van der Waals surface area (Å²) in [5.41, 5.74) is -0.425. The van der Waals surface area contributed by atoms with Gasteiger partial charge in [0.15, 0.2) is 5.78 Å². The van der Waals surface area contributed by atoms with Gasteiger partial charge in [-0.2, -0.15) is 0 Å². The van der Waals surface area contributed by atoms with Crippen LogP contribution < -0.4 is 0 Å². The van der Waals surface area contributed by atoms with Crippen molar-refractivity contribution in [1.82, 2.24) is 0 Å². The standard InChI is InChI=1S/C17H16Cl2O7/c18-5-9(15-11(22)1-7(20)2-12(15)23)17(26)10(6-19)16-13(24)3-8(21)4-14(16)25/h1-4,9-10,20-25H,5-6H2. The van der Waals surface area contributed by atoms with Crippen molar-refractivity contribution in [2.24, 2.45) is 0 Å². The molecule has 0 bridgehead atoms. The zero-order chi connectivity index (χ0) is 19.6. The molecule has 26 heavy (non-hydrogen) atoms. The van der Waals surface area contributed by atoms with Gasteiger partial charge in [-0.1, -0.05) is 0 Å². The molecule has 2 atom stereocenters. The number of benzene rings is 2. The van der Waals surface area contributed by atoms with Crippen LogP contribution in [0.1, 0.15) is 23.0 Å². The van der Waals surface area contributed by atoms with Crippen molar-refractivity contribution in [3.8, 4) is 34.5 Å². The molecule has 0 heterocycles. The summed E-state index contributed by atoms with van der Waals surface area (Å²) >= 11 is 11.7. The second-order valence-corrected chi connectivity index (χ2v) is 6.23. The van der Waals surface area contributed by atoms with Gasteiger partial charge in [-0.3, -0.25) is 4.79 Å². The molecule has 9 heteroatoms. The SMILES string of the molecule is O=C(C(CCl)c1c(O)cc(O)cc1O)C(CCl)c1c(O)cc(O)cc1O. The van der Waals surface area contributed by atoms with Crippen LogP contribution in [0, 0.1) is 0 Å². The summed E-state index contributed by atoms with van der Waals surface area (Å²) in [5.74, 6) is -6.88. The third kappa shape index (κ3) is 3.68. The van der Waals surface area contributed by atoms with Gasteiger partial charge < -0.3 is 30.6 Å². The normalized spacial score (nSPS) is 13.3. The Balaban J connectivity index is 2.54. The molecule has 0 aliphatic rings. The fraction of sp³-hybridized carbons (Fsp3) is 0.235. The summed E-state index contributed by atoms with van der Waals surface area (Å²) in [7, 11) is 0. The number of ketones is 1. The van der Waals surface area contributed by atoms with E-state index in [1.54, 1.807) is 0 Å². The maximum Gasteiger partial charge on any atom is 0.150 e. The van der Waals surface area contributed by atoms with Crippen LogP contribution in [0.2, 0.25) is 0 Å². The lowest BCUT2D eigenvalue weighted by molar-refractivity contribution is -0.121. The van der Waals surface area contributed by atoms with Crippen molar-refractivity contribution in [1.29, 1.82) is 0 Å². The maximum absolute atomic E-state index is 12.9. The number of aromatic hydroxyl groups is 6. The van der Waals surface area contributed by atoms with Crippen molar-refractivity contribution in [3.05, 3.63) is 35.4 Å². The zero-order valence-corrected chi connectivity index (χ0v) is 14.7. The Bertz CT molecular complexity index is 724. The first kappa shape index (κ1) is 19.8. The van der Waals surface area contributed by atoms with Crippen molar-refractivity contribution < 1.29 is 35.4 Å². The van der Waals surface area contributed by atoms with Crippen LogP contribution in [-0.4, -0.2) is 48.2 Å². The minimum Gasteiger partial charge on any atom is -0.508 e. The lowest BCUT2D eigenvalue weighted by Gasteiger charge is -2.23. The summed E-state index contributed by atoms with van der Waals surface area (Å²) in [4.78, 5) is 12.9. The number of carbonyl (C=O) groups is 1. The summed E-state index contributed by atoms with van der Waals surface area (Å²) in [6, 6.07) is 3.75. The molecule has 0 amide bonds.